The van der Waals surface area contributed by atoms with Crippen LogP contribution in [0.15, 0.2) is 48.5 Å². The molecule has 0 aliphatic carbocycles. The number of hydrogen-bond acceptors (Lipinski definition) is 3. The Balaban J connectivity index is 2.26. The van der Waals surface area contributed by atoms with Crippen LogP contribution in [0.5, 0.6) is 0 Å². The Bertz CT molecular complexity index is 707. The molecular formula is C19H21NO4. The monoisotopic (exact) mass is 327 g/mol. The summed E-state index contributed by atoms with van der Waals surface area (Å²) in [5.41, 5.74) is 3.09. The van der Waals surface area contributed by atoms with Crippen molar-refractivity contribution in [1.82, 2.24) is 5.32 Å². The van der Waals surface area contributed by atoms with Crippen molar-refractivity contribution in [2.24, 2.45) is 0 Å². The lowest BCUT2D eigenvalue weighted by Crippen LogP contribution is -2.37. The second-order valence-corrected chi connectivity index (χ2v) is 5.73. The predicted octanol–water partition coefficient (Wildman–Crippen LogP) is 2.93. The maximum atomic E-state index is 12.5. The molecule has 0 aliphatic heterocycles. The average Bonchev–Trinajstić information content (AvgIpc) is 2.53. The third-order valence-corrected chi connectivity index (χ3v) is 3.69. The second-order valence-electron chi connectivity index (χ2n) is 5.73. The number of amides is 1. The van der Waals surface area contributed by atoms with E-state index in [4.69, 9.17) is 4.74 Å². The van der Waals surface area contributed by atoms with Crippen molar-refractivity contribution in [2.75, 3.05) is 7.11 Å². The molecule has 2 N–H and O–H groups in total. The molecule has 0 aromatic heterocycles. The molecule has 0 radical (unpaired) electrons. The molecule has 2 aromatic carbocycles. The van der Waals surface area contributed by atoms with Gasteiger partial charge in [-0.05, 0) is 25.0 Å². The first-order chi connectivity index (χ1) is 11.4. The minimum atomic E-state index is -1.13. The lowest BCUT2D eigenvalue weighted by Gasteiger charge is -2.20. The summed E-state index contributed by atoms with van der Waals surface area (Å²) in [6.45, 7) is 3.78. The molecular weight excluding hydrogens is 306 g/mol. The van der Waals surface area contributed by atoms with Crippen molar-refractivity contribution in [1.29, 1.82) is 0 Å². The van der Waals surface area contributed by atoms with Gasteiger partial charge < -0.3 is 15.2 Å². The number of aliphatic carboxylic acids is 1. The molecule has 1 amide bonds. The predicted molar refractivity (Wildman–Crippen MR) is 90.6 cm³/mol. The summed E-state index contributed by atoms with van der Waals surface area (Å²) in [5, 5.41) is 12.1. The molecule has 126 valence electrons. The summed E-state index contributed by atoms with van der Waals surface area (Å²) in [7, 11) is 1.42. The van der Waals surface area contributed by atoms with Gasteiger partial charge in [0.25, 0.3) is 5.91 Å². The Kier molecular flexibility index (Phi) is 5.71. The molecule has 2 aromatic rings. The minimum Gasteiger partial charge on any atom is -0.479 e. The molecule has 0 heterocycles. The third-order valence-electron chi connectivity index (χ3n) is 3.69. The van der Waals surface area contributed by atoms with Crippen LogP contribution in [0.25, 0.3) is 0 Å². The Hall–Kier alpha value is -2.66. The number of rotatable bonds is 6. The van der Waals surface area contributed by atoms with Crippen LogP contribution in [0.2, 0.25) is 0 Å². The van der Waals surface area contributed by atoms with Crippen LogP contribution >= 0.6 is 0 Å². The molecule has 0 fully saturated rings. The van der Waals surface area contributed by atoms with E-state index in [-0.39, 0.29) is 0 Å². The zero-order chi connectivity index (χ0) is 17.7. The lowest BCUT2D eigenvalue weighted by molar-refractivity contribution is -0.144. The summed E-state index contributed by atoms with van der Waals surface area (Å²) in [6, 6.07) is 13.3. The molecule has 0 spiro atoms. The fourth-order valence-electron chi connectivity index (χ4n) is 2.70. The normalized spacial score (nSPS) is 13.1. The van der Waals surface area contributed by atoms with Crippen molar-refractivity contribution in [3.63, 3.8) is 0 Å². The molecule has 0 saturated carbocycles. The zero-order valence-corrected chi connectivity index (χ0v) is 13.9. The Morgan fingerprint density at radius 2 is 1.58 bits per heavy atom. The zero-order valence-electron chi connectivity index (χ0n) is 13.9. The molecule has 1 unspecified atom stereocenters. The Morgan fingerprint density at radius 1 is 1.00 bits per heavy atom. The van der Waals surface area contributed by atoms with E-state index in [9.17, 15) is 14.7 Å². The highest BCUT2D eigenvalue weighted by Gasteiger charge is 2.27. The van der Waals surface area contributed by atoms with Gasteiger partial charge in [0.15, 0.2) is 12.1 Å². The summed E-state index contributed by atoms with van der Waals surface area (Å²) >= 11 is 0. The minimum absolute atomic E-state index is 0.491. The first kappa shape index (κ1) is 17.7. The highest BCUT2D eigenvalue weighted by atomic mass is 16.5. The number of carbonyl (C=O) groups is 2. The van der Waals surface area contributed by atoms with Gasteiger partial charge in [0.2, 0.25) is 0 Å². The van der Waals surface area contributed by atoms with Crippen molar-refractivity contribution >= 4 is 11.9 Å². The number of ether oxygens (including phenoxy) is 1. The van der Waals surface area contributed by atoms with Gasteiger partial charge in [-0.1, -0.05) is 59.7 Å². The average molecular weight is 327 g/mol. The molecule has 2 atom stereocenters. The number of carboxylic acid groups (broad SMARTS) is 1. The van der Waals surface area contributed by atoms with Gasteiger partial charge in [-0.15, -0.1) is 0 Å². The van der Waals surface area contributed by atoms with Gasteiger partial charge in [0, 0.05) is 7.11 Å². The second kappa shape index (κ2) is 7.75. The topological polar surface area (TPSA) is 75.6 Å². The van der Waals surface area contributed by atoms with Crippen LogP contribution in [0.4, 0.5) is 0 Å². The maximum Gasteiger partial charge on any atom is 0.330 e. The number of benzene rings is 2. The molecule has 5 nitrogen and oxygen atoms in total. The lowest BCUT2D eigenvalue weighted by atomic mass is 10.0. The van der Waals surface area contributed by atoms with E-state index in [0.29, 0.717) is 11.1 Å². The molecule has 5 heteroatoms. The summed E-state index contributed by atoms with van der Waals surface area (Å²) in [5.74, 6) is -1.61. The van der Waals surface area contributed by atoms with Crippen molar-refractivity contribution in [2.45, 2.75) is 26.0 Å². The van der Waals surface area contributed by atoms with Gasteiger partial charge >= 0.3 is 5.97 Å². The quantitative estimate of drug-likeness (QED) is 0.855. The maximum absolute atomic E-state index is 12.5. The summed E-state index contributed by atoms with van der Waals surface area (Å²) < 4.78 is 5.26. The van der Waals surface area contributed by atoms with Crippen LogP contribution in [-0.2, 0) is 14.3 Å². The van der Waals surface area contributed by atoms with Gasteiger partial charge in [-0.25, -0.2) is 4.79 Å². The number of aryl methyl sites for hydroxylation is 2. The summed E-state index contributed by atoms with van der Waals surface area (Å²) in [6.07, 6.45) is -0.862. The van der Waals surface area contributed by atoms with Gasteiger partial charge in [-0.3, -0.25) is 4.79 Å². The molecule has 0 aliphatic rings. The standard InChI is InChI=1S/C19H21NO4/c1-12-9-13(2)11-15(10-12)16(19(22)23)20-18(21)17(24-3)14-7-5-4-6-8-14/h4-11,16-17H,1-3H3,(H,20,21)(H,22,23)/t16?,17-/m1/s1. The number of carbonyl (C=O) groups excluding carboxylic acids is 1. The first-order valence-electron chi connectivity index (χ1n) is 7.61. The van der Waals surface area contributed by atoms with E-state index in [2.05, 4.69) is 5.32 Å². The van der Waals surface area contributed by atoms with Gasteiger partial charge in [0.05, 0.1) is 0 Å². The van der Waals surface area contributed by atoms with Crippen LogP contribution in [0.3, 0.4) is 0 Å². The fourth-order valence-corrected chi connectivity index (χ4v) is 2.70. The molecule has 0 bridgehead atoms. The van der Waals surface area contributed by atoms with E-state index in [1.807, 2.05) is 26.0 Å². The van der Waals surface area contributed by atoms with E-state index in [0.717, 1.165) is 11.1 Å². The van der Waals surface area contributed by atoms with Crippen LogP contribution in [0.1, 0.15) is 34.4 Å². The van der Waals surface area contributed by atoms with Crippen LogP contribution in [0, 0.1) is 13.8 Å². The highest BCUT2D eigenvalue weighted by Crippen LogP contribution is 2.21. The smallest absolute Gasteiger partial charge is 0.330 e. The van der Waals surface area contributed by atoms with Crippen molar-refractivity contribution < 1.29 is 19.4 Å². The number of hydrogen-bond donors (Lipinski definition) is 2. The van der Waals surface area contributed by atoms with Crippen LogP contribution < -0.4 is 5.32 Å². The number of carboxylic acids is 1. The van der Waals surface area contributed by atoms with Crippen LogP contribution in [-0.4, -0.2) is 24.1 Å². The van der Waals surface area contributed by atoms with Crippen molar-refractivity contribution in [3.05, 3.63) is 70.8 Å². The van der Waals surface area contributed by atoms with E-state index in [1.165, 1.54) is 7.11 Å². The fraction of sp³-hybridized carbons (Fsp3) is 0.263. The number of nitrogens with one attached hydrogen (secondary N) is 1. The molecule has 0 saturated heterocycles. The summed E-state index contributed by atoms with van der Waals surface area (Å²) in [4.78, 5) is 24.2. The largest absolute Gasteiger partial charge is 0.479 e. The first-order valence-corrected chi connectivity index (χ1v) is 7.61. The van der Waals surface area contributed by atoms with E-state index >= 15 is 0 Å². The van der Waals surface area contributed by atoms with Gasteiger partial charge in [0.1, 0.15) is 0 Å². The highest BCUT2D eigenvalue weighted by molar-refractivity contribution is 5.87. The van der Waals surface area contributed by atoms with Gasteiger partial charge in [-0.2, -0.15) is 0 Å². The SMILES string of the molecule is CO[C@@H](C(=O)NC(C(=O)O)c1cc(C)cc(C)c1)c1ccccc1. The molecule has 2 rings (SSSR count). The van der Waals surface area contributed by atoms with E-state index in [1.54, 1.807) is 36.4 Å². The van der Waals surface area contributed by atoms with Crippen molar-refractivity contribution in [3.8, 4) is 0 Å². The third kappa shape index (κ3) is 4.20. The Morgan fingerprint density at radius 3 is 2.08 bits per heavy atom. The number of methoxy groups -OCH3 is 1. The van der Waals surface area contributed by atoms with E-state index < -0.39 is 24.0 Å². The molecule has 24 heavy (non-hydrogen) atoms. The Labute approximate surface area is 141 Å².